The summed E-state index contributed by atoms with van der Waals surface area (Å²) in [4.78, 5) is 14.4. The first-order valence-electron chi connectivity index (χ1n) is 5.10. The molecule has 0 aliphatic rings. The third kappa shape index (κ3) is 3.28. The summed E-state index contributed by atoms with van der Waals surface area (Å²) in [6.07, 6.45) is -4.48. The molecule has 106 valence electrons. The summed E-state index contributed by atoms with van der Waals surface area (Å²) in [6.45, 7) is 0. The van der Waals surface area contributed by atoms with Crippen molar-refractivity contribution in [3.05, 3.63) is 39.3 Å². The summed E-state index contributed by atoms with van der Waals surface area (Å²) in [7, 11) is 0. The number of halogens is 4. The Hall–Kier alpha value is -1.61. The van der Waals surface area contributed by atoms with E-state index < -0.39 is 17.7 Å². The minimum absolute atomic E-state index is 0.0686. The van der Waals surface area contributed by atoms with Crippen molar-refractivity contribution in [1.82, 2.24) is 4.98 Å². The molecule has 0 amide bonds. The average Bonchev–Trinajstić information content (AvgIpc) is 2.79. The Kier molecular flexibility index (Phi) is 4.00. The molecule has 0 spiro atoms. The summed E-state index contributed by atoms with van der Waals surface area (Å²) in [5.74, 6) is -1.19. The Balaban J connectivity index is 2.27. The number of nitrogens with one attached hydrogen (secondary N) is 1. The second kappa shape index (κ2) is 5.41. The number of benzene rings is 1. The van der Waals surface area contributed by atoms with Gasteiger partial charge in [0.05, 0.1) is 5.56 Å². The van der Waals surface area contributed by atoms with E-state index in [0.29, 0.717) is 0 Å². The highest BCUT2D eigenvalue weighted by Crippen LogP contribution is 2.37. The van der Waals surface area contributed by atoms with Crippen molar-refractivity contribution in [2.24, 2.45) is 0 Å². The van der Waals surface area contributed by atoms with E-state index in [1.165, 1.54) is 17.5 Å². The number of aromatic carboxylic acids is 1. The lowest BCUT2D eigenvalue weighted by atomic mass is 10.2. The van der Waals surface area contributed by atoms with Crippen molar-refractivity contribution >= 4 is 44.1 Å². The largest absolute Gasteiger partial charge is 0.476 e. The van der Waals surface area contributed by atoms with Crippen molar-refractivity contribution in [2.45, 2.75) is 6.18 Å². The van der Waals surface area contributed by atoms with Gasteiger partial charge in [0, 0.05) is 15.5 Å². The minimum atomic E-state index is -4.48. The fourth-order valence-corrected chi connectivity index (χ4v) is 2.55. The topological polar surface area (TPSA) is 62.2 Å². The van der Waals surface area contributed by atoms with Crippen LogP contribution in [0.5, 0.6) is 0 Å². The molecule has 0 unspecified atom stereocenters. The van der Waals surface area contributed by atoms with Gasteiger partial charge in [0.15, 0.2) is 10.8 Å². The molecule has 1 heterocycles. The number of alkyl halides is 3. The Morgan fingerprint density at radius 1 is 1.40 bits per heavy atom. The molecule has 0 radical (unpaired) electrons. The number of carboxylic acids is 1. The number of carboxylic acid groups (broad SMARTS) is 1. The molecule has 20 heavy (non-hydrogen) atoms. The van der Waals surface area contributed by atoms with Gasteiger partial charge in [-0.1, -0.05) is 15.9 Å². The number of thiazole rings is 1. The molecule has 2 rings (SSSR count). The molecule has 4 nitrogen and oxygen atoms in total. The fraction of sp³-hybridized carbons (Fsp3) is 0.0909. The predicted octanol–water partition coefficient (Wildman–Crippen LogP) is 4.37. The number of aromatic nitrogens is 1. The van der Waals surface area contributed by atoms with E-state index in [0.717, 1.165) is 17.4 Å². The van der Waals surface area contributed by atoms with E-state index >= 15 is 0 Å². The first kappa shape index (κ1) is 14.8. The molecular weight excluding hydrogens is 361 g/mol. The van der Waals surface area contributed by atoms with Crippen molar-refractivity contribution in [3.63, 3.8) is 0 Å². The van der Waals surface area contributed by atoms with Gasteiger partial charge < -0.3 is 10.4 Å². The summed E-state index contributed by atoms with van der Waals surface area (Å²) in [6, 6.07) is 3.62. The van der Waals surface area contributed by atoms with Gasteiger partial charge in [0.2, 0.25) is 0 Å². The molecule has 0 saturated heterocycles. The average molecular weight is 367 g/mol. The summed E-state index contributed by atoms with van der Waals surface area (Å²) in [5, 5.41) is 12.9. The van der Waals surface area contributed by atoms with Crippen LogP contribution < -0.4 is 5.32 Å². The molecule has 2 N–H and O–H groups in total. The number of carbonyl (C=O) groups is 1. The van der Waals surface area contributed by atoms with Gasteiger partial charge in [-0.25, -0.2) is 9.78 Å². The van der Waals surface area contributed by atoms with Crippen LogP contribution in [0.4, 0.5) is 24.0 Å². The lowest BCUT2D eigenvalue weighted by molar-refractivity contribution is -0.138. The van der Waals surface area contributed by atoms with Crippen LogP contribution in [0, 0.1) is 0 Å². The lowest BCUT2D eigenvalue weighted by Gasteiger charge is -2.11. The third-order valence-electron chi connectivity index (χ3n) is 2.25. The quantitative estimate of drug-likeness (QED) is 0.846. The van der Waals surface area contributed by atoms with Crippen LogP contribution in [0.1, 0.15) is 16.1 Å². The Morgan fingerprint density at radius 2 is 2.10 bits per heavy atom. The third-order valence-corrected chi connectivity index (χ3v) is 3.70. The number of hydrogen-bond donors (Lipinski definition) is 2. The van der Waals surface area contributed by atoms with Crippen LogP contribution in [-0.2, 0) is 6.18 Å². The van der Waals surface area contributed by atoms with Gasteiger partial charge in [-0.3, -0.25) is 0 Å². The summed E-state index contributed by atoms with van der Waals surface area (Å²) < 4.78 is 38.1. The molecule has 0 saturated carbocycles. The first-order valence-corrected chi connectivity index (χ1v) is 6.77. The number of rotatable bonds is 3. The standard InChI is InChI=1S/C11H6BrF3N2O2S/c12-7-2-1-5(3-6(7)11(13,14)15)16-10-17-8(4-20-10)9(18)19/h1-4H,(H,16,17)(H,18,19). The predicted molar refractivity (Wildman–Crippen MR) is 71.5 cm³/mol. The maximum Gasteiger partial charge on any atom is 0.417 e. The van der Waals surface area contributed by atoms with Gasteiger partial charge in [0.1, 0.15) is 0 Å². The molecule has 0 atom stereocenters. The van der Waals surface area contributed by atoms with E-state index in [1.807, 2.05) is 0 Å². The van der Waals surface area contributed by atoms with Gasteiger partial charge in [-0.2, -0.15) is 13.2 Å². The fourth-order valence-electron chi connectivity index (χ4n) is 1.37. The molecular formula is C11H6BrF3N2O2S. The van der Waals surface area contributed by atoms with Gasteiger partial charge in [-0.15, -0.1) is 11.3 Å². The Labute approximate surface area is 123 Å². The van der Waals surface area contributed by atoms with E-state index in [4.69, 9.17) is 5.11 Å². The maximum absolute atomic E-state index is 12.7. The van der Waals surface area contributed by atoms with Crippen LogP contribution in [0.25, 0.3) is 0 Å². The van der Waals surface area contributed by atoms with Crippen molar-refractivity contribution in [2.75, 3.05) is 5.32 Å². The van der Waals surface area contributed by atoms with E-state index in [9.17, 15) is 18.0 Å². The Bertz CT molecular complexity index is 657. The highest BCUT2D eigenvalue weighted by molar-refractivity contribution is 9.10. The van der Waals surface area contributed by atoms with Crippen LogP contribution in [-0.4, -0.2) is 16.1 Å². The smallest absolute Gasteiger partial charge is 0.417 e. The van der Waals surface area contributed by atoms with Gasteiger partial charge in [0.25, 0.3) is 0 Å². The molecule has 1 aromatic carbocycles. The van der Waals surface area contributed by atoms with Gasteiger partial charge >= 0.3 is 12.1 Å². The highest BCUT2D eigenvalue weighted by atomic mass is 79.9. The monoisotopic (exact) mass is 366 g/mol. The maximum atomic E-state index is 12.7. The zero-order valence-corrected chi connectivity index (χ0v) is 11.9. The van der Waals surface area contributed by atoms with Crippen molar-refractivity contribution < 1.29 is 23.1 Å². The van der Waals surface area contributed by atoms with Crippen molar-refractivity contribution in [1.29, 1.82) is 0 Å². The summed E-state index contributed by atoms with van der Waals surface area (Å²) in [5.41, 5.74) is -0.810. The van der Waals surface area contributed by atoms with E-state index in [1.54, 1.807) is 0 Å². The lowest BCUT2D eigenvalue weighted by Crippen LogP contribution is -2.06. The zero-order chi connectivity index (χ0) is 14.9. The molecule has 0 bridgehead atoms. The SMILES string of the molecule is O=C(O)c1csc(Nc2ccc(Br)c(C(F)(F)F)c2)n1. The molecule has 9 heteroatoms. The number of nitrogens with zero attached hydrogens (tertiary/aromatic N) is 1. The zero-order valence-electron chi connectivity index (χ0n) is 9.53. The molecule has 1 aromatic heterocycles. The van der Waals surface area contributed by atoms with Gasteiger partial charge in [-0.05, 0) is 18.2 Å². The van der Waals surface area contributed by atoms with Crippen LogP contribution in [0.3, 0.4) is 0 Å². The molecule has 2 aromatic rings. The van der Waals surface area contributed by atoms with E-state index in [2.05, 4.69) is 26.2 Å². The second-order valence-electron chi connectivity index (χ2n) is 3.66. The first-order chi connectivity index (χ1) is 9.27. The highest BCUT2D eigenvalue weighted by Gasteiger charge is 2.33. The van der Waals surface area contributed by atoms with Crippen LogP contribution in [0.2, 0.25) is 0 Å². The van der Waals surface area contributed by atoms with Crippen LogP contribution in [0.15, 0.2) is 28.1 Å². The van der Waals surface area contributed by atoms with E-state index in [-0.39, 0.29) is 21.0 Å². The summed E-state index contributed by atoms with van der Waals surface area (Å²) >= 11 is 3.83. The van der Waals surface area contributed by atoms with Crippen molar-refractivity contribution in [3.8, 4) is 0 Å². The molecule has 0 aliphatic carbocycles. The molecule has 0 aliphatic heterocycles. The van der Waals surface area contributed by atoms with Crippen LogP contribution >= 0.6 is 27.3 Å². The number of anilines is 2. The normalized spacial score (nSPS) is 11.4. The Morgan fingerprint density at radius 3 is 2.65 bits per heavy atom. The minimum Gasteiger partial charge on any atom is -0.476 e. The molecule has 0 fully saturated rings. The number of hydrogen-bond acceptors (Lipinski definition) is 4. The second-order valence-corrected chi connectivity index (χ2v) is 5.37.